The highest BCUT2D eigenvalue weighted by atomic mass is 32.2. The Bertz CT molecular complexity index is 548. The van der Waals surface area contributed by atoms with Crippen LogP contribution in [-0.4, -0.2) is 65.3 Å². The van der Waals surface area contributed by atoms with Gasteiger partial charge in [-0.1, -0.05) is 6.08 Å². The maximum absolute atomic E-state index is 11.5. The van der Waals surface area contributed by atoms with Crippen molar-refractivity contribution in [2.45, 2.75) is 19.4 Å². The Morgan fingerprint density at radius 3 is 3.04 bits per heavy atom. The lowest BCUT2D eigenvalue weighted by molar-refractivity contribution is -0.118. The number of aromatic nitrogens is 1. The molecule has 0 unspecified atom stereocenters. The van der Waals surface area contributed by atoms with E-state index in [-0.39, 0.29) is 12.5 Å². The molecule has 1 aromatic rings. The number of carbonyl (C=O) groups is 1. The zero-order valence-electron chi connectivity index (χ0n) is 14.5. The quantitative estimate of drug-likeness (QED) is 0.457. The van der Waals surface area contributed by atoms with Gasteiger partial charge in [0.15, 0.2) is 0 Å². The van der Waals surface area contributed by atoms with Crippen LogP contribution in [0.25, 0.3) is 0 Å². The smallest absolute Gasteiger partial charge is 0.230 e. The number of thioether (sulfide) groups is 1. The Morgan fingerprint density at radius 2 is 2.24 bits per heavy atom. The molecule has 2 N–H and O–H groups in total. The zero-order valence-corrected chi connectivity index (χ0v) is 15.3. The minimum atomic E-state index is -0.0275. The third-order valence-electron chi connectivity index (χ3n) is 3.78. The molecule has 2 heterocycles. The first-order chi connectivity index (χ1) is 12.3. The molecule has 1 aromatic heterocycles. The average molecular weight is 365 g/mol. The van der Waals surface area contributed by atoms with Gasteiger partial charge in [0.1, 0.15) is 6.61 Å². The van der Waals surface area contributed by atoms with Crippen LogP contribution in [0.1, 0.15) is 18.4 Å². The summed E-state index contributed by atoms with van der Waals surface area (Å²) in [5, 5.41) is 11.4. The molecule has 7 heteroatoms. The largest absolute Gasteiger partial charge is 0.473 e. The van der Waals surface area contributed by atoms with Gasteiger partial charge >= 0.3 is 0 Å². The van der Waals surface area contributed by atoms with Crippen molar-refractivity contribution in [1.82, 2.24) is 15.2 Å². The molecule has 1 aliphatic heterocycles. The average Bonchev–Trinajstić information content (AvgIpc) is 3.11. The third-order valence-corrected chi connectivity index (χ3v) is 4.72. The van der Waals surface area contributed by atoms with Gasteiger partial charge in [-0.2, -0.15) is 0 Å². The Labute approximate surface area is 153 Å². The van der Waals surface area contributed by atoms with Crippen LogP contribution in [0.2, 0.25) is 0 Å². The number of hydrogen-bond donors (Lipinski definition) is 2. The van der Waals surface area contributed by atoms with Crippen LogP contribution in [0.4, 0.5) is 0 Å². The molecule has 1 fully saturated rings. The van der Waals surface area contributed by atoms with Gasteiger partial charge in [-0.3, -0.25) is 9.69 Å². The molecular formula is C18H27N3O3S. The van der Waals surface area contributed by atoms with Gasteiger partial charge in [0, 0.05) is 31.1 Å². The van der Waals surface area contributed by atoms with Gasteiger partial charge in [-0.05, 0) is 43.6 Å². The molecule has 25 heavy (non-hydrogen) atoms. The van der Waals surface area contributed by atoms with Gasteiger partial charge < -0.3 is 15.2 Å². The van der Waals surface area contributed by atoms with Crippen LogP contribution in [0.5, 0.6) is 5.88 Å². The summed E-state index contributed by atoms with van der Waals surface area (Å²) in [4.78, 5) is 18.1. The van der Waals surface area contributed by atoms with E-state index in [0.717, 1.165) is 6.54 Å². The molecule has 0 aromatic carbocycles. The number of hydrogen-bond acceptors (Lipinski definition) is 6. The molecule has 0 aliphatic carbocycles. The Kier molecular flexibility index (Phi) is 9.40. The van der Waals surface area contributed by atoms with Crippen molar-refractivity contribution >= 4 is 17.7 Å². The van der Waals surface area contributed by atoms with E-state index < -0.39 is 0 Å². The number of ether oxygens (including phenoxy) is 1. The van der Waals surface area contributed by atoms with Gasteiger partial charge in [0.2, 0.25) is 11.8 Å². The van der Waals surface area contributed by atoms with E-state index in [4.69, 9.17) is 9.84 Å². The molecular weight excluding hydrogens is 338 g/mol. The Hall–Kier alpha value is -1.57. The summed E-state index contributed by atoms with van der Waals surface area (Å²) in [5.41, 5.74) is 1.23. The number of nitrogens with one attached hydrogen (secondary N) is 1. The number of carbonyl (C=O) groups excluding carboxylic acids is 1. The predicted octanol–water partition coefficient (Wildman–Crippen LogP) is 1.45. The summed E-state index contributed by atoms with van der Waals surface area (Å²) < 4.78 is 5.64. The van der Waals surface area contributed by atoms with Crippen LogP contribution >= 0.6 is 11.8 Å². The van der Waals surface area contributed by atoms with Crippen molar-refractivity contribution in [2.75, 3.05) is 44.4 Å². The lowest BCUT2D eigenvalue weighted by atomic mass is 10.2. The Morgan fingerprint density at radius 1 is 1.40 bits per heavy atom. The van der Waals surface area contributed by atoms with Gasteiger partial charge in [0.25, 0.3) is 0 Å². The van der Waals surface area contributed by atoms with Crippen LogP contribution in [0.15, 0.2) is 30.5 Å². The van der Waals surface area contributed by atoms with Crippen molar-refractivity contribution in [3.63, 3.8) is 0 Å². The molecule has 0 bridgehead atoms. The lowest BCUT2D eigenvalue weighted by Crippen LogP contribution is -2.25. The number of nitrogens with zero attached hydrogens (tertiary/aromatic N) is 2. The molecule has 138 valence electrons. The number of amides is 1. The fraction of sp³-hybridized carbons (Fsp3) is 0.556. The Balaban J connectivity index is 1.61. The maximum atomic E-state index is 11.5. The second kappa shape index (κ2) is 11.9. The first-order valence-corrected chi connectivity index (χ1v) is 9.84. The van der Waals surface area contributed by atoms with Crippen LogP contribution < -0.4 is 10.1 Å². The number of aliphatic hydroxyl groups is 1. The summed E-state index contributed by atoms with van der Waals surface area (Å²) in [7, 11) is 0. The van der Waals surface area contributed by atoms with Crippen molar-refractivity contribution in [3.05, 3.63) is 36.0 Å². The van der Waals surface area contributed by atoms with Crippen LogP contribution in [0, 0.1) is 0 Å². The molecule has 0 radical (unpaired) electrons. The monoisotopic (exact) mass is 365 g/mol. The summed E-state index contributed by atoms with van der Waals surface area (Å²) >= 11 is 1.42. The van der Waals surface area contributed by atoms with E-state index in [1.165, 1.54) is 43.3 Å². The van der Waals surface area contributed by atoms with E-state index >= 15 is 0 Å². The van der Waals surface area contributed by atoms with E-state index in [9.17, 15) is 4.79 Å². The fourth-order valence-electron chi connectivity index (χ4n) is 2.56. The van der Waals surface area contributed by atoms with Crippen molar-refractivity contribution in [2.24, 2.45) is 0 Å². The lowest BCUT2D eigenvalue weighted by Gasteiger charge is -2.14. The van der Waals surface area contributed by atoms with Gasteiger partial charge in [0.05, 0.1) is 12.4 Å². The zero-order chi connectivity index (χ0) is 17.7. The summed E-state index contributed by atoms with van der Waals surface area (Å²) in [6, 6.07) is 4.03. The van der Waals surface area contributed by atoms with Crippen molar-refractivity contribution in [1.29, 1.82) is 0 Å². The molecule has 0 saturated carbocycles. The van der Waals surface area contributed by atoms with Crippen LogP contribution in [0.3, 0.4) is 0 Å². The van der Waals surface area contributed by atoms with Gasteiger partial charge in [-0.15, -0.1) is 11.8 Å². The summed E-state index contributed by atoms with van der Waals surface area (Å²) in [5.74, 6) is 1.56. The molecule has 1 saturated heterocycles. The van der Waals surface area contributed by atoms with Crippen molar-refractivity contribution < 1.29 is 14.6 Å². The minimum Gasteiger partial charge on any atom is -0.473 e. The highest BCUT2D eigenvalue weighted by Gasteiger charge is 2.12. The number of likely N-dealkylation sites (tertiary alicyclic amines) is 1. The first-order valence-electron chi connectivity index (χ1n) is 8.68. The molecule has 1 amide bonds. The minimum absolute atomic E-state index is 0.0275. The molecule has 0 spiro atoms. The first kappa shape index (κ1) is 19.8. The highest BCUT2D eigenvalue weighted by Crippen LogP contribution is 2.15. The highest BCUT2D eigenvalue weighted by molar-refractivity contribution is 7.99. The normalized spacial score (nSPS) is 14.9. The molecule has 0 atom stereocenters. The topological polar surface area (TPSA) is 74.7 Å². The second-order valence-corrected chi connectivity index (χ2v) is 6.95. The molecule has 2 rings (SSSR count). The van der Waals surface area contributed by atoms with Crippen LogP contribution in [-0.2, 0) is 11.3 Å². The van der Waals surface area contributed by atoms with E-state index in [1.807, 2.05) is 24.3 Å². The molecule has 6 nitrogen and oxygen atoms in total. The standard InChI is InChI=1S/C18H27N3O3S/c22-10-12-25-15-17(23)19-6-1-4-11-24-18-13-16(5-7-20-18)14-21-8-2-3-9-21/h1,4-5,7,13,22H,2-3,6,8-12,14-15H2,(H,19,23)/b4-1-. The maximum Gasteiger partial charge on any atom is 0.230 e. The fourth-order valence-corrected chi connectivity index (χ4v) is 3.13. The van der Waals surface area contributed by atoms with E-state index in [0.29, 0.717) is 30.5 Å². The third kappa shape index (κ3) is 8.38. The molecule has 1 aliphatic rings. The number of rotatable bonds is 11. The number of pyridine rings is 1. The summed E-state index contributed by atoms with van der Waals surface area (Å²) in [6.07, 6.45) is 8.10. The van der Waals surface area contributed by atoms with Gasteiger partial charge in [-0.25, -0.2) is 4.98 Å². The van der Waals surface area contributed by atoms with E-state index in [1.54, 1.807) is 6.20 Å². The SMILES string of the molecule is O=C(CSCCO)NC/C=C\COc1cc(CN2CCCC2)ccn1. The second-order valence-electron chi connectivity index (χ2n) is 5.85. The summed E-state index contributed by atoms with van der Waals surface area (Å²) in [6.45, 7) is 4.30. The number of aliphatic hydroxyl groups excluding tert-OH is 1. The van der Waals surface area contributed by atoms with Crippen molar-refractivity contribution in [3.8, 4) is 5.88 Å². The van der Waals surface area contributed by atoms with E-state index in [2.05, 4.69) is 15.2 Å². The predicted molar refractivity (Wildman–Crippen MR) is 101 cm³/mol.